The lowest BCUT2D eigenvalue weighted by Crippen LogP contribution is -2.36. The molecule has 0 saturated carbocycles. The number of carbonyl (C=O) groups excluding carboxylic acids is 1. The molecule has 0 aromatic carbocycles. The lowest BCUT2D eigenvalue weighted by atomic mass is 10.1. The van der Waals surface area contributed by atoms with E-state index in [2.05, 4.69) is 17.5 Å². The van der Waals surface area contributed by atoms with Gasteiger partial charge in [-0.3, -0.25) is 4.79 Å². The summed E-state index contributed by atoms with van der Waals surface area (Å²) in [5.41, 5.74) is 0. The van der Waals surface area contributed by atoms with Gasteiger partial charge in [0, 0.05) is 6.92 Å². The van der Waals surface area contributed by atoms with Crippen LogP contribution in [0.5, 0.6) is 0 Å². The predicted octanol–water partition coefficient (Wildman–Crippen LogP) is 1.59. The van der Waals surface area contributed by atoms with Gasteiger partial charge in [0.15, 0.2) is 0 Å². The summed E-state index contributed by atoms with van der Waals surface area (Å²) in [6, 6.07) is 0. The number of allylic oxidation sites excluding steroid dienone is 1. The number of ether oxygens (including phenoxy) is 1. The molecule has 1 rings (SSSR count). The van der Waals surface area contributed by atoms with Gasteiger partial charge in [0.05, 0.1) is 6.10 Å². The summed E-state index contributed by atoms with van der Waals surface area (Å²) in [6.45, 7) is 3.36. The molecule has 13 heavy (non-hydrogen) atoms. The van der Waals surface area contributed by atoms with Crippen molar-refractivity contribution in [3.05, 3.63) is 12.2 Å². The summed E-state index contributed by atoms with van der Waals surface area (Å²) in [4.78, 5) is 10.7. The van der Waals surface area contributed by atoms with E-state index in [0.29, 0.717) is 0 Å². The van der Waals surface area contributed by atoms with Crippen molar-refractivity contribution in [3.8, 4) is 0 Å². The first kappa shape index (κ1) is 10.3. The average Bonchev–Trinajstić information content (AvgIpc) is 2.04. The van der Waals surface area contributed by atoms with Crippen LogP contribution in [0.1, 0.15) is 33.1 Å². The van der Waals surface area contributed by atoms with Gasteiger partial charge in [0.1, 0.15) is 6.23 Å². The van der Waals surface area contributed by atoms with Crippen molar-refractivity contribution in [1.29, 1.82) is 0 Å². The Hall–Kier alpha value is -0.830. The number of nitrogens with one attached hydrogen (secondary N) is 1. The summed E-state index contributed by atoms with van der Waals surface area (Å²) in [5, 5.41) is 2.70. The van der Waals surface area contributed by atoms with Crippen LogP contribution in [-0.2, 0) is 9.53 Å². The van der Waals surface area contributed by atoms with E-state index in [0.717, 1.165) is 19.3 Å². The molecule has 0 aromatic rings. The van der Waals surface area contributed by atoms with E-state index in [1.807, 2.05) is 6.92 Å². The Balaban J connectivity index is 2.23. The fourth-order valence-corrected chi connectivity index (χ4v) is 1.50. The molecular weight excluding hydrogens is 166 g/mol. The summed E-state index contributed by atoms with van der Waals surface area (Å²) < 4.78 is 5.62. The molecule has 0 bridgehead atoms. The van der Waals surface area contributed by atoms with E-state index in [9.17, 15) is 4.79 Å². The molecular formula is C10H17NO2. The highest BCUT2D eigenvalue weighted by Gasteiger charge is 2.13. The maximum absolute atomic E-state index is 10.7. The van der Waals surface area contributed by atoms with Crippen LogP contribution in [0.2, 0.25) is 0 Å². The zero-order chi connectivity index (χ0) is 9.68. The molecule has 0 aromatic heterocycles. The van der Waals surface area contributed by atoms with Gasteiger partial charge in [-0.25, -0.2) is 0 Å². The number of hydrogen-bond donors (Lipinski definition) is 1. The molecule has 2 atom stereocenters. The third-order valence-electron chi connectivity index (χ3n) is 2.02. The fourth-order valence-electron chi connectivity index (χ4n) is 1.50. The monoisotopic (exact) mass is 183 g/mol. The average molecular weight is 183 g/mol. The zero-order valence-corrected chi connectivity index (χ0v) is 8.25. The van der Waals surface area contributed by atoms with Crippen LogP contribution < -0.4 is 5.32 Å². The first-order valence-electron chi connectivity index (χ1n) is 4.76. The number of carbonyl (C=O) groups is 1. The van der Waals surface area contributed by atoms with Gasteiger partial charge in [0.25, 0.3) is 0 Å². The van der Waals surface area contributed by atoms with Crippen LogP contribution in [-0.4, -0.2) is 18.2 Å². The van der Waals surface area contributed by atoms with Crippen molar-refractivity contribution in [3.63, 3.8) is 0 Å². The second-order valence-electron chi connectivity index (χ2n) is 3.39. The van der Waals surface area contributed by atoms with Gasteiger partial charge in [-0.05, 0) is 26.2 Å². The molecule has 0 aliphatic heterocycles. The second kappa shape index (κ2) is 5.02. The lowest BCUT2D eigenvalue weighted by Gasteiger charge is -2.23. The highest BCUT2D eigenvalue weighted by atomic mass is 16.5. The first-order valence-corrected chi connectivity index (χ1v) is 4.76. The SMILES string of the molecule is CC(=O)NC(C)OC1CC=CCC1. The molecule has 1 amide bonds. The number of rotatable bonds is 3. The molecule has 0 radical (unpaired) electrons. The van der Waals surface area contributed by atoms with E-state index < -0.39 is 0 Å². The van der Waals surface area contributed by atoms with E-state index in [-0.39, 0.29) is 18.2 Å². The van der Waals surface area contributed by atoms with E-state index in [1.54, 1.807) is 0 Å². The second-order valence-corrected chi connectivity index (χ2v) is 3.39. The fraction of sp³-hybridized carbons (Fsp3) is 0.700. The van der Waals surface area contributed by atoms with E-state index >= 15 is 0 Å². The van der Waals surface area contributed by atoms with Crippen LogP contribution in [0.4, 0.5) is 0 Å². The predicted molar refractivity (Wildman–Crippen MR) is 51.1 cm³/mol. The minimum absolute atomic E-state index is 0.0427. The molecule has 1 N–H and O–H groups in total. The Bertz CT molecular complexity index is 201. The molecule has 74 valence electrons. The standard InChI is InChI=1S/C10H17NO2/c1-8(12)11-9(2)13-10-6-4-3-5-7-10/h3-4,9-10H,5-7H2,1-2H3,(H,11,12). The quantitative estimate of drug-likeness (QED) is 0.533. The Kier molecular flexibility index (Phi) is 3.96. The van der Waals surface area contributed by atoms with Gasteiger partial charge < -0.3 is 10.1 Å². The highest BCUT2D eigenvalue weighted by molar-refractivity contribution is 5.72. The van der Waals surface area contributed by atoms with E-state index in [4.69, 9.17) is 4.74 Å². The zero-order valence-electron chi connectivity index (χ0n) is 8.25. The minimum Gasteiger partial charge on any atom is -0.355 e. The topological polar surface area (TPSA) is 38.3 Å². The van der Waals surface area contributed by atoms with Gasteiger partial charge in [-0.1, -0.05) is 12.2 Å². The van der Waals surface area contributed by atoms with Crippen molar-refractivity contribution < 1.29 is 9.53 Å². The smallest absolute Gasteiger partial charge is 0.218 e. The van der Waals surface area contributed by atoms with Crippen LogP contribution >= 0.6 is 0 Å². The normalized spacial score (nSPS) is 24.0. The lowest BCUT2D eigenvalue weighted by molar-refractivity contribution is -0.124. The summed E-state index contributed by atoms with van der Waals surface area (Å²) >= 11 is 0. The van der Waals surface area contributed by atoms with Crippen molar-refractivity contribution in [2.45, 2.75) is 45.4 Å². The van der Waals surface area contributed by atoms with Gasteiger partial charge >= 0.3 is 0 Å². The van der Waals surface area contributed by atoms with Crippen LogP contribution in [0.3, 0.4) is 0 Å². The van der Waals surface area contributed by atoms with Gasteiger partial charge in [-0.15, -0.1) is 0 Å². The van der Waals surface area contributed by atoms with Crippen LogP contribution in [0, 0.1) is 0 Å². The third-order valence-corrected chi connectivity index (χ3v) is 2.02. The maximum Gasteiger partial charge on any atom is 0.218 e. The third kappa shape index (κ3) is 4.08. The molecule has 0 spiro atoms. The number of amides is 1. The van der Waals surface area contributed by atoms with Crippen molar-refractivity contribution in [1.82, 2.24) is 5.32 Å². The Morgan fingerprint density at radius 1 is 1.62 bits per heavy atom. The summed E-state index contributed by atoms with van der Waals surface area (Å²) in [6.07, 6.45) is 7.50. The molecule has 2 unspecified atom stereocenters. The summed E-state index contributed by atoms with van der Waals surface area (Å²) in [5.74, 6) is -0.0427. The Morgan fingerprint density at radius 2 is 2.38 bits per heavy atom. The van der Waals surface area contributed by atoms with Crippen molar-refractivity contribution >= 4 is 5.91 Å². The highest BCUT2D eigenvalue weighted by Crippen LogP contribution is 2.15. The largest absolute Gasteiger partial charge is 0.355 e. The molecule has 3 heteroatoms. The first-order chi connectivity index (χ1) is 6.18. The van der Waals surface area contributed by atoms with Crippen molar-refractivity contribution in [2.75, 3.05) is 0 Å². The van der Waals surface area contributed by atoms with Crippen LogP contribution in [0.25, 0.3) is 0 Å². The number of hydrogen-bond acceptors (Lipinski definition) is 2. The molecule has 0 fully saturated rings. The van der Waals surface area contributed by atoms with Crippen LogP contribution in [0.15, 0.2) is 12.2 Å². The molecule has 3 nitrogen and oxygen atoms in total. The maximum atomic E-state index is 10.7. The summed E-state index contributed by atoms with van der Waals surface area (Å²) in [7, 11) is 0. The van der Waals surface area contributed by atoms with Gasteiger partial charge in [0.2, 0.25) is 5.91 Å². The minimum atomic E-state index is -0.172. The molecule has 0 saturated heterocycles. The molecule has 1 aliphatic rings. The Labute approximate surface area is 79.2 Å². The Morgan fingerprint density at radius 3 is 2.92 bits per heavy atom. The van der Waals surface area contributed by atoms with Crippen molar-refractivity contribution in [2.24, 2.45) is 0 Å². The molecule has 1 aliphatic carbocycles. The van der Waals surface area contributed by atoms with Gasteiger partial charge in [-0.2, -0.15) is 0 Å². The molecule has 0 heterocycles. The van der Waals surface area contributed by atoms with E-state index in [1.165, 1.54) is 6.92 Å².